The minimum Gasteiger partial charge on any atom is -0.463 e. The Bertz CT molecular complexity index is 129. The van der Waals surface area contributed by atoms with Gasteiger partial charge in [0.25, 0.3) is 0 Å². The molecular weight excluding hydrogens is 275 g/mol. The molecule has 0 bridgehead atoms. The molecule has 0 amide bonds. The number of rotatable bonds is 6. The van der Waals surface area contributed by atoms with Crippen LogP contribution in [0.3, 0.4) is 0 Å². The Kier molecular flexibility index (Phi) is 7.83. The van der Waals surface area contributed by atoms with Crippen LogP contribution in [0.1, 0.15) is 6.92 Å². The van der Waals surface area contributed by atoms with Crippen molar-refractivity contribution < 1.29 is 19.0 Å². The van der Waals surface area contributed by atoms with Gasteiger partial charge in [-0.1, -0.05) is 0 Å². The van der Waals surface area contributed by atoms with E-state index >= 15 is 0 Å². The molecule has 0 radical (unpaired) electrons. The number of ether oxygens (including phenoxy) is 3. The van der Waals surface area contributed by atoms with Crippen molar-refractivity contribution in [2.24, 2.45) is 0 Å². The van der Waals surface area contributed by atoms with Gasteiger partial charge in [0.1, 0.15) is 0 Å². The lowest BCUT2D eigenvalue weighted by Gasteiger charge is -2.09. The summed E-state index contributed by atoms with van der Waals surface area (Å²) in [5.74, 6) is -0.339. The number of hydrogen-bond donors (Lipinski definition) is 0. The summed E-state index contributed by atoms with van der Waals surface area (Å²) >= 11 is 1.88. The van der Waals surface area contributed by atoms with E-state index in [1.54, 1.807) is 14.0 Å². The van der Waals surface area contributed by atoms with E-state index in [1.807, 2.05) is 22.6 Å². The summed E-state index contributed by atoms with van der Waals surface area (Å²) in [6, 6.07) is 0. The first-order chi connectivity index (χ1) is 5.72. The van der Waals surface area contributed by atoms with Crippen molar-refractivity contribution in [2.75, 3.05) is 26.9 Å². The highest BCUT2D eigenvalue weighted by Crippen LogP contribution is 2.04. The molecule has 0 heterocycles. The lowest BCUT2D eigenvalue weighted by atomic mass is 10.7. The maximum Gasteiger partial charge on any atom is 0.345 e. The molecule has 0 N–H and O–H groups in total. The highest BCUT2D eigenvalue weighted by molar-refractivity contribution is 14.1. The van der Waals surface area contributed by atoms with Crippen LogP contribution in [-0.2, 0) is 19.0 Å². The maximum absolute atomic E-state index is 10.9. The van der Waals surface area contributed by atoms with Crippen LogP contribution in [0.25, 0.3) is 0 Å². The number of carbonyl (C=O) groups excluding carboxylic acids is 1. The molecular formula is C7H13IO4. The van der Waals surface area contributed by atoms with E-state index in [2.05, 4.69) is 0 Å². The number of hydrogen-bond acceptors (Lipinski definition) is 4. The van der Waals surface area contributed by atoms with Gasteiger partial charge < -0.3 is 14.2 Å². The van der Waals surface area contributed by atoms with E-state index in [1.165, 1.54) is 0 Å². The molecule has 1 unspecified atom stereocenters. The Morgan fingerprint density at radius 1 is 1.50 bits per heavy atom. The minimum atomic E-state index is -0.530. The largest absolute Gasteiger partial charge is 0.463 e. The highest BCUT2D eigenvalue weighted by Gasteiger charge is 2.15. The molecule has 0 rings (SSSR count). The Balaban J connectivity index is 3.42. The fraction of sp³-hybridized carbons (Fsp3) is 0.857. The Morgan fingerprint density at radius 3 is 2.67 bits per heavy atom. The van der Waals surface area contributed by atoms with Crippen LogP contribution in [0, 0.1) is 0 Å². The van der Waals surface area contributed by atoms with Gasteiger partial charge in [-0.3, -0.25) is 0 Å². The van der Waals surface area contributed by atoms with Crippen LogP contribution < -0.4 is 0 Å². The molecule has 0 spiro atoms. The maximum atomic E-state index is 10.9. The molecule has 0 aliphatic heterocycles. The number of esters is 1. The van der Waals surface area contributed by atoms with Crippen molar-refractivity contribution in [2.45, 2.75) is 11.0 Å². The first-order valence-corrected chi connectivity index (χ1v) is 4.88. The molecule has 0 aliphatic carbocycles. The van der Waals surface area contributed by atoms with E-state index in [0.717, 1.165) is 0 Å². The van der Waals surface area contributed by atoms with Gasteiger partial charge in [0, 0.05) is 7.11 Å². The molecule has 72 valence electrons. The molecule has 12 heavy (non-hydrogen) atoms. The highest BCUT2D eigenvalue weighted by atomic mass is 127. The number of alkyl halides is 1. The van der Waals surface area contributed by atoms with Gasteiger partial charge in [0.15, 0.2) is 0 Å². The zero-order valence-electron chi connectivity index (χ0n) is 7.21. The number of halogens is 1. The van der Waals surface area contributed by atoms with Crippen LogP contribution in [-0.4, -0.2) is 37.0 Å². The normalized spacial score (nSPS) is 12.6. The predicted octanol–water partition coefficient (Wildman–Crippen LogP) is 0.974. The van der Waals surface area contributed by atoms with E-state index in [-0.39, 0.29) is 5.97 Å². The van der Waals surface area contributed by atoms with Gasteiger partial charge in [0.2, 0.25) is 4.11 Å². The molecule has 0 aromatic carbocycles. The molecule has 0 fully saturated rings. The molecule has 0 aromatic heterocycles. The lowest BCUT2D eigenvalue weighted by molar-refractivity contribution is -0.150. The third kappa shape index (κ3) is 5.73. The molecule has 0 saturated carbocycles. The summed E-state index contributed by atoms with van der Waals surface area (Å²) < 4.78 is 14.0. The Labute approximate surface area is 85.7 Å². The van der Waals surface area contributed by atoms with Gasteiger partial charge >= 0.3 is 5.97 Å². The van der Waals surface area contributed by atoms with Gasteiger partial charge in [-0.25, -0.2) is 4.79 Å². The molecule has 4 nitrogen and oxygen atoms in total. The van der Waals surface area contributed by atoms with Crippen molar-refractivity contribution in [1.29, 1.82) is 0 Å². The molecule has 0 aromatic rings. The zero-order chi connectivity index (χ0) is 9.40. The van der Waals surface area contributed by atoms with Gasteiger partial charge in [-0.2, -0.15) is 0 Å². The first-order valence-electron chi connectivity index (χ1n) is 3.63. The molecule has 0 saturated heterocycles. The smallest absolute Gasteiger partial charge is 0.345 e. The minimum absolute atomic E-state index is 0.339. The van der Waals surface area contributed by atoms with Crippen LogP contribution in [0.4, 0.5) is 0 Å². The molecule has 1 atom stereocenters. The van der Waals surface area contributed by atoms with Crippen molar-refractivity contribution in [3.05, 3.63) is 0 Å². The summed E-state index contributed by atoms with van der Waals surface area (Å²) in [5, 5.41) is 0. The Hall–Kier alpha value is 0.120. The standard InChI is InChI=1S/C7H13IO4/c1-3-11-7(9)6(8)12-5-4-10-2/h6H,3-5H2,1-2H3. The van der Waals surface area contributed by atoms with Crippen LogP contribution in [0.15, 0.2) is 0 Å². The van der Waals surface area contributed by atoms with E-state index < -0.39 is 4.11 Å². The summed E-state index contributed by atoms with van der Waals surface area (Å²) in [6.07, 6.45) is 0. The first kappa shape index (κ1) is 12.1. The van der Waals surface area contributed by atoms with E-state index in [0.29, 0.717) is 19.8 Å². The second kappa shape index (κ2) is 7.75. The molecule has 5 heteroatoms. The van der Waals surface area contributed by atoms with Gasteiger partial charge in [0.05, 0.1) is 19.8 Å². The van der Waals surface area contributed by atoms with E-state index in [9.17, 15) is 4.79 Å². The SMILES string of the molecule is CCOC(=O)C(I)OCCOC. The Morgan fingerprint density at radius 2 is 2.17 bits per heavy atom. The molecule has 0 aliphatic rings. The fourth-order valence-electron chi connectivity index (χ4n) is 0.511. The third-order valence-corrected chi connectivity index (χ3v) is 1.89. The third-order valence-electron chi connectivity index (χ3n) is 1.02. The van der Waals surface area contributed by atoms with E-state index in [4.69, 9.17) is 14.2 Å². The second-order valence-corrected chi connectivity index (χ2v) is 3.06. The van der Waals surface area contributed by atoms with Crippen molar-refractivity contribution >= 4 is 28.6 Å². The monoisotopic (exact) mass is 288 g/mol. The van der Waals surface area contributed by atoms with Crippen molar-refractivity contribution in [3.8, 4) is 0 Å². The average Bonchev–Trinajstić information content (AvgIpc) is 2.05. The summed E-state index contributed by atoms with van der Waals surface area (Å²) in [7, 11) is 1.58. The zero-order valence-corrected chi connectivity index (χ0v) is 9.37. The number of methoxy groups -OCH3 is 1. The van der Waals surface area contributed by atoms with Crippen LogP contribution in [0.2, 0.25) is 0 Å². The van der Waals surface area contributed by atoms with Gasteiger partial charge in [-0.15, -0.1) is 0 Å². The van der Waals surface area contributed by atoms with Gasteiger partial charge in [-0.05, 0) is 29.5 Å². The summed E-state index contributed by atoms with van der Waals surface area (Å²) in [5.41, 5.74) is 0. The lowest BCUT2D eigenvalue weighted by Crippen LogP contribution is -2.22. The summed E-state index contributed by atoms with van der Waals surface area (Å²) in [6.45, 7) is 3.03. The van der Waals surface area contributed by atoms with Crippen molar-refractivity contribution in [1.82, 2.24) is 0 Å². The van der Waals surface area contributed by atoms with Crippen molar-refractivity contribution in [3.63, 3.8) is 0 Å². The quantitative estimate of drug-likeness (QED) is 0.316. The van der Waals surface area contributed by atoms with Crippen LogP contribution in [0.5, 0.6) is 0 Å². The predicted molar refractivity (Wildman–Crippen MR) is 52.3 cm³/mol. The topological polar surface area (TPSA) is 44.8 Å². The van der Waals surface area contributed by atoms with Crippen LogP contribution >= 0.6 is 22.6 Å². The summed E-state index contributed by atoms with van der Waals surface area (Å²) in [4.78, 5) is 10.9. The average molecular weight is 288 g/mol. The second-order valence-electron chi connectivity index (χ2n) is 1.93. The fourth-order valence-corrected chi connectivity index (χ4v) is 0.945. The number of carbonyl (C=O) groups is 1.